The summed E-state index contributed by atoms with van der Waals surface area (Å²) in [7, 11) is 0. The van der Waals surface area contributed by atoms with Gasteiger partial charge in [-0.15, -0.1) is 0 Å². The Kier molecular flexibility index (Phi) is 6.84. The van der Waals surface area contributed by atoms with Crippen LogP contribution in [0.2, 0.25) is 0 Å². The summed E-state index contributed by atoms with van der Waals surface area (Å²) in [6.07, 6.45) is 14.7. The molecule has 1 aliphatic rings. The zero-order valence-electron chi connectivity index (χ0n) is 11.7. The van der Waals surface area contributed by atoms with Gasteiger partial charge in [-0.2, -0.15) is 0 Å². The molecule has 0 bridgehead atoms. The molecular weight excluding hydrogens is 211 g/mol. The summed E-state index contributed by atoms with van der Waals surface area (Å²) in [5, 5.41) is 0. The highest BCUT2D eigenvalue weighted by Gasteiger charge is 2.45. The van der Waals surface area contributed by atoms with Gasteiger partial charge in [0.1, 0.15) is 5.83 Å². The predicted molar refractivity (Wildman–Crippen MR) is 73.8 cm³/mol. The molecule has 1 aliphatic carbocycles. The lowest BCUT2D eigenvalue weighted by Gasteiger charge is -2.12. The van der Waals surface area contributed by atoms with E-state index in [-0.39, 0.29) is 11.2 Å². The minimum absolute atomic E-state index is 0.0000731. The van der Waals surface area contributed by atoms with E-state index in [1.165, 1.54) is 38.5 Å². The molecule has 1 fully saturated rings. The quantitative estimate of drug-likeness (QED) is 0.400. The molecule has 0 N–H and O–H groups in total. The van der Waals surface area contributed by atoms with Crippen LogP contribution in [0.25, 0.3) is 0 Å². The van der Waals surface area contributed by atoms with Crippen LogP contribution in [0, 0.1) is 5.41 Å². The van der Waals surface area contributed by atoms with Gasteiger partial charge < -0.3 is 0 Å². The van der Waals surface area contributed by atoms with Crippen molar-refractivity contribution in [2.24, 2.45) is 5.41 Å². The van der Waals surface area contributed by atoms with Gasteiger partial charge in [0.15, 0.2) is 0 Å². The monoisotopic (exact) mass is 240 g/mol. The van der Waals surface area contributed by atoms with Gasteiger partial charge in [0.25, 0.3) is 0 Å². The number of rotatable bonds is 10. The van der Waals surface area contributed by atoms with Crippen LogP contribution in [0.3, 0.4) is 0 Å². The molecule has 0 amide bonds. The van der Waals surface area contributed by atoms with Crippen molar-refractivity contribution in [3.05, 3.63) is 11.9 Å². The van der Waals surface area contributed by atoms with Crippen LogP contribution in [0.15, 0.2) is 11.9 Å². The van der Waals surface area contributed by atoms with Crippen LogP contribution < -0.4 is 0 Å². The molecule has 0 spiro atoms. The van der Waals surface area contributed by atoms with Crippen molar-refractivity contribution in [2.45, 2.75) is 84.5 Å². The lowest BCUT2D eigenvalue weighted by atomic mass is 9.96. The van der Waals surface area contributed by atoms with Gasteiger partial charge in [0, 0.05) is 5.41 Å². The second-order valence-corrected chi connectivity index (χ2v) is 5.64. The minimum Gasteiger partial charge on any atom is -0.212 e. The Hall–Kier alpha value is -0.330. The van der Waals surface area contributed by atoms with Crippen LogP contribution in [0.4, 0.5) is 4.39 Å². The van der Waals surface area contributed by atoms with Gasteiger partial charge in [-0.1, -0.05) is 58.4 Å². The normalized spacial score (nSPS) is 18.4. The summed E-state index contributed by atoms with van der Waals surface area (Å²) in [4.78, 5) is 0. The van der Waals surface area contributed by atoms with Crippen LogP contribution >= 0.6 is 0 Å². The van der Waals surface area contributed by atoms with Crippen molar-refractivity contribution < 1.29 is 4.39 Å². The first-order valence-electron chi connectivity index (χ1n) is 7.61. The van der Waals surface area contributed by atoms with Crippen molar-refractivity contribution in [3.8, 4) is 0 Å². The number of hydrogen-bond acceptors (Lipinski definition) is 0. The van der Waals surface area contributed by atoms with Crippen LogP contribution in [0.1, 0.15) is 84.5 Å². The summed E-state index contributed by atoms with van der Waals surface area (Å²) in [5.74, 6) is 0.213. The molecule has 1 heteroatoms. The van der Waals surface area contributed by atoms with E-state index in [0.717, 1.165) is 32.1 Å². The standard InChI is InChI=1S/C16H29F/c1-3-5-7-8-9-11-15(17)16(13-14-16)12-10-6-4-2/h11H,3-10,12-14H2,1-2H3/b15-11+. The molecule has 0 unspecified atom stereocenters. The molecular formula is C16H29F. The summed E-state index contributed by atoms with van der Waals surface area (Å²) in [6, 6.07) is 0. The first kappa shape index (κ1) is 14.7. The summed E-state index contributed by atoms with van der Waals surface area (Å²) in [6.45, 7) is 4.42. The van der Waals surface area contributed by atoms with E-state index in [0.29, 0.717) is 0 Å². The van der Waals surface area contributed by atoms with Crippen molar-refractivity contribution >= 4 is 0 Å². The van der Waals surface area contributed by atoms with E-state index < -0.39 is 0 Å². The average Bonchev–Trinajstić information content (AvgIpc) is 3.10. The fraction of sp³-hybridized carbons (Fsp3) is 0.875. The topological polar surface area (TPSA) is 0 Å². The molecule has 0 aliphatic heterocycles. The largest absolute Gasteiger partial charge is 0.212 e. The molecule has 0 radical (unpaired) electrons. The average molecular weight is 240 g/mol. The van der Waals surface area contributed by atoms with Crippen molar-refractivity contribution in [1.82, 2.24) is 0 Å². The SMILES string of the molecule is CCCCCC/C=C(/F)C1(CCCCC)CC1. The van der Waals surface area contributed by atoms with E-state index in [1.54, 1.807) is 0 Å². The number of unbranched alkanes of at least 4 members (excludes halogenated alkanes) is 6. The van der Waals surface area contributed by atoms with E-state index in [2.05, 4.69) is 13.8 Å². The maximum atomic E-state index is 14.0. The Morgan fingerprint density at radius 2 is 1.65 bits per heavy atom. The molecule has 0 aromatic rings. The molecule has 17 heavy (non-hydrogen) atoms. The Morgan fingerprint density at radius 3 is 2.24 bits per heavy atom. The van der Waals surface area contributed by atoms with Gasteiger partial charge >= 0.3 is 0 Å². The zero-order chi connectivity index (χ0) is 12.6. The lowest BCUT2D eigenvalue weighted by Crippen LogP contribution is -2.01. The summed E-state index contributed by atoms with van der Waals surface area (Å²) < 4.78 is 14.0. The molecule has 0 heterocycles. The second-order valence-electron chi connectivity index (χ2n) is 5.64. The predicted octanol–water partition coefficient (Wildman–Crippen LogP) is 6.17. The van der Waals surface area contributed by atoms with Gasteiger partial charge in [0.2, 0.25) is 0 Å². The molecule has 0 aromatic heterocycles. The highest BCUT2D eigenvalue weighted by molar-refractivity contribution is 5.15. The summed E-state index contributed by atoms with van der Waals surface area (Å²) in [5.41, 5.74) is -0.0000731. The Morgan fingerprint density at radius 1 is 1.00 bits per heavy atom. The Bertz CT molecular complexity index is 226. The van der Waals surface area contributed by atoms with Crippen LogP contribution in [0.5, 0.6) is 0 Å². The first-order chi connectivity index (χ1) is 8.25. The van der Waals surface area contributed by atoms with E-state index in [9.17, 15) is 4.39 Å². The molecule has 0 atom stereocenters. The fourth-order valence-corrected chi connectivity index (χ4v) is 2.49. The molecule has 1 saturated carbocycles. The second kappa shape index (κ2) is 7.89. The van der Waals surface area contributed by atoms with Crippen molar-refractivity contribution in [2.75, 3.05) is 0 Å². The fourth-order valence-electron chi connectivity index (χ4n) is 2.49. The number of halogens is 1. The number of hydrogen-bond donors (Lipinski definition) is 0. The minimum atomic E-state index is -0.0000731. The Labute approximate surface area is 107 Å². The van der Waals surface area contributed by atoms with Crippen LogP contribution in [-0.2, 0) is 0 Å². The third-order valence-electron chi connectivity index (χ3n) is 4.00. The molecule has 0 nitrogen and oxygen atoms in total. The lowest BCUT2D eigenvalue weighted by molar-refractivity contribution is 0.403. The maximum Gasteiger partial charge on any atom is 0.102 e. The van der Waals surface area contributed by atoms with Gasteiger partial charge in [-0.05, 0) is 32.1 Å². The van der Waals surface area contributed by atoms with Crippen molar-refractivity contribution in [1.29, 1.82) is 0 Å². The van der Waals surface area contributed by atoms with Gasteiger partial charge in [-0.3, -0.25) is 0 Å². The molecule has 100 valence electrons. The summed E-state index contributed by atoms with van der Waals surface area (Å²) >= 11 is 0. The molecule has 0 saturated heterocycles. The van der Waals surface area contributed by atoms with E-state index in [4.69, 9.17) is 0 Å². The number of allylic oxidation sites excluding steroid dienone is 2. The first-order valence-corrected chi connectivity index (χ1v) is 7.61. The Balaban J connectivity index is 2.20. The van der Waals surface area contributed by atoms with E-state index in [1.807, 2.05) is 6.08 Å². The highest BCUT2D eigenvalue weighted by atomic mass is 19.1. The van der Waals surface area contributed by atoms with Gasteiger partial charge in [0.05, 0.1) is 0 Å². The smallest absolute Gasteiger partial charge is 0.102 e. The van der Waals surface area contributed by atoms with Crippen LogP contribution in [-0.4, -0.2) is 0 Å². The highest BCUT2D eigenvalue weighted by Crippen LogP contribution is 2.56. The van der Waals surface area contributed by atoms with Gasteiger partial charge in [-0.25, -0.2) is 4.39 Å². The third kappa shape index (κ3) is 5.23. The third-order valence-corrected chi connectivity index (χ3v) is 4.00. The zero-order valence-corrected chi connectivity index (χ0v) is 11.7. The maximum absolute atomic E-state index is 14.0. The molecule has 1 rings (SSSR count). The van der Waals surface area contributed by atoms with E-state index >= 15 is 0 Å². The molecule has 0 aromatic carbocycles. The van der Waals surface area contributed by atoms with Crippen molar-refractivity contribution in [3.63, 3.8) is 0 Å².